The molecule has 3 unspecified atom stereocenters. The van der Waals surface area contributed by atoms with Crippen molar-refractivity contribution in [1.29, 1.82) is 0 Å². The van der Waals surface area contributed by atoms with Gasteiger partial charge in [0.25, 0.3) is 0 Å². The SMILES string of the molecule is O=C(NCC(O)Cc1ccccc1)NC1CC1c1ccccc1. The Morgan fingerprint density at radius 2 is 1.74 bits per heavy atom. The number of hydrogen-bond donors (Lipinski definition) is 3. The van der Waals surface area contributed by atoms with Crippen LogP contribution in [0.3, 0.4) is 0 Å². The van der Waals surface area contributed by atoms with Gasteiger partial charge < -0.3 is 15.7 Å². The molecule has 0 radical (unpaired) electrons. The molecule has 0 aliphatic heterocycles. The number of amides is 2. The third-order valence-corrected chi connectivity index (χ3v) is 4.15. The number of nitrogens with one attached hydrogen (secondary N) is 2. The molecule has 0 bridgehead atoms. The molecule has 1 aliphatic carbocycles. The molecule has 3 N–H and O–H groups in total. The second-order valence-electron chi connectivity index (χ2n) is 6.06. The van der Waals surface area contributed by atoms with Gasteiger partial charge in [0.15, 0.2) is 0 Å². The van der Waals surface area contributed by atoms with Gasteiger partial charge in [0.1, 0.15) is 0 Å². The fourth-order valence-corrected chi connectivity index (χ4v) is 2.81. The molecule has 2 aromatic carbocycles. The van der Waals surface area contributed by atoms with Crippen molar-refractivity contribution in [3.8, 4) is 0 Å². The van der Waals surface area contributed by atoms with Crippen LogP contribution < -0.4 is 10.6 Å². The van der Waals surface area contributed by atoms with Gasteiger partial charge in [-0.15, -0.1) is 0 Å². The highest BCUT2D eigenvalue weighted by molar-refractivity contribution is 5.74. The summed E-state index contributed by atoms with van der Waals surface area (Å²) in [5, 5.41) is 15.7. The molecule has 2 amide bonds. The Bertz CT molecular complexity index is 630. The minimum absolute atomic E-state index is 0.198. The van der Waals surface area contributed by atoms with Crippen LogP contribution in [-0.2, 0) is 6.42 Å². The Kier molecular flexibility index (Phi) is 4.93. The molecule has 2 aromatic rings. The third-order valence-electron chi connectivity index (χ3n) is 4.15. The number of aliphatic hydroxyl groups excluding tert-OH is 1. The number of benzene rings is 2. The van der Waals surface area contributed by atoms with Gasteiger partial charge >= 0.3 is 6.03 Å². The summed E-state index contributed by atoms with van der Waals surface area (Å²) in [7, 11) is 0. The standard InChI is InChI=1S/C19H22N2O2/c22-16(11-14-7-3-1-4-8-14)13-20-19(23)21-18-12-17(18)15-9-5-2-6-10-15/h1-10,16-18,22H,11-13H2,(H2,20,21,23). The van der Waals surface area contributed by atoms with Crippen molar-refractivity contribution in [2.75, 3.05) is 6.54 Å². The molecule has 1 fully saturated rings. The normalized spacial score (nSPS) is 20.6. The molecule has 0 aromatic heterocycles. The number of rotatable bonds is 6. The van der Waals surface area contributed by atoms with Crippen LogP contribution in [0, 0.1) is 0 Å². The lowest BCUT2D eigenvalue weighted by Crippen LogP contribution is -2.41. The second kappa shape index (κ2) is 7.29. The van der Waals surface area contributed by atoms with Gasteiger partial charge in [0, 0.05) is 24.9 Å². The van der Waals surface area contributed by atoms with Crippen LogP contribution in [0.25, 0.3) is 0 Å². The summed E-state index contributed by atoms with van der Waals surface area (Å²) in [6.45, 7) is 0.253. The van der Waals surface area contributed by atoms with E-state index in [-0.39, 0.29) is 18.6 Å². The molecule has 1 aliphatic rings. The van der Waals surface area contributed by atoms with E-state index in [0.29, 0.717) is 12.3 Å². The first-order valence-corrected chi connectivity index (χ1v) is 8.03. The lowest BCUT2D eigenvalue weighted by atomic mass is 10.1. The van der Waals surface area contributed by atoms with Crippen LogP contribution in [0.15, 0.2) is 60.7 Å². The topological polar surface area (TPSA) is 61.4 Å². The Morgan fingerprint density at radius 3 is 2.43 bits per heavy atom. The van der Waals surface area contributed by atoms with Crippen molar-refractivity contribution in [2.24, 2.45) is 0 Å². The summed E-state index contributed by atoms with van der Waals surface area (Å²) in [6.07, 6.45) is 0.938. The predicted octanol–water partition coefficient (Wildman–Crippen LogP) is 2.45. The summed E-state index contributed by atoms with van der Waals surface area (Å²) >= 11 is 0. The fourth-order valence-electron chi connectivity index (χ4n) is 2.81. The molecule has 1 saturated carbocycles. The molecule has 4 nitrogen and oxygen atoms in total. The smallest absolute Gasteiger partial charge is 0.315 e. The number of urea groups is 1. The minimum atomic E-state index is -0.577. The molecule has 0 saturated heterocycles. The minimum Gasteiger partial charge on any atom is -0.391 e. The number of carbonyl (C=O) groups excluding carboxylic acids is 1. The molecule has 120 valence electrons. The van der Waals surface area contributed by atoms with Gasteiger partial charge in [-0.3, -0.25) is 0 Å². The first kappa shape index (κ1) is 15.6. The molecule has 0 spiro atoms. The molecular formula is C19H22N2O2. The Labute approximate surface area is 136 Å². The zero-order chi connectivity index (χ0) is 16.1. The van der Waals surface area contributed by atoms with Gasteiger partial charge in [-0.2, -0.15) is 0 Å². The monoisotopic (exact) mass is 310 g/mol. The van der Waals surface area contributed by atoms with Crippen LogP contribution in [0.4, 0.5) is 4.79 Å². The highest BCUT2D eigenvalue weighted by atomic mass is 16.3. The van der Waals surface area contributed by atoms with Crippen LogP contribution >= 0.6 is 0 Å². The van der Waals surface area contributed by atoms with E-state index in [1.807, 2.05) is 48.5 Å². The van der Waals surface area contributed by atoms with Crippen LogP contribution in [0.1, 0.15) is 23.5 Å². The highest BCUT2D eigenvalue weighted by Crippen LogP contribution is 2.40. The summed E-state index contributed by atoms with van der Waals surface area (Å²) in [4.78, 5) is 11.9. The van der Waals surface area contributed by atoms with E-state index in [1.54, 1.807) is 0 Å². The number of carbonyl (C=O) groups is 1. The average Bonchev–Trinajstić information content (AvgIpc) is 3.34. The molecule has 3 rings (SSSR count). The van der Waals surface area contributed by atoms with Gasteiger partial charge in [-0.05, 0) is 17.5 Å². The zero-order valence-electron chi connectivity index (χ0n) is 13.0. The summed E-state index contributed by atoms with van der Waals surface area (Å²) in [5.74, 6) is 0.413. The van der Waals surface area contributed by atoms with Crippen LogP contribution in [0.2, 0.25) is 0 Å². The number of hydrogen-bond acceptors (Lipinski definition) is 2. The Balaban J connectivity index is 1.37. The first-order chi connectivity index (χ1) is 11.2. The van der Waals surface area contributed by atoms with E-state index in [0.717, 1.165) is 12.0 Å². The van der Waals surface area contributed by atoms with Crippen molar-refractivity contribution in [3.05, 3.63) is 71.8 Å². The van der Waals surface area contributed by atoms with Gasteiger partial charge in [-0.25, -0.2) is 4.79 Å². The van der Waals surface area contributed by atoms with E-state index in [9.17, 15) is 9.90 Å². The van der Waals surface area contributed by atoms with Crippen molar-refractivity contribution >= 4 is 6.03 Å². The quantitative estimate of drug-likeness (QED) is 0.767. The van der Waals surface area contributed by atoms with E-state index in [2.05, 4.69) is 22.8 Å². The molecule has 4 heteroatoms. The lowest BCUT2D eigenvalue weighted by molar-refractivity contribution is 0.170. The van der Waals surface area contributed by atoms with Crippen molar-refractivity contribution in [1.82, 2.24) is 10.6 Å². The summed E-state index contributed by atoms with van der Waals surface area (Å²) in [5.41, 5.74) is 2.33. The van der Waals surface area contributed by atoms with E-state index >= 15 is 0 Å². The maximum absolute atomic E-state index is 11.9. The summed E-state index contributed by atoms with van der Waals surface area (Å²) in [6, 6.07) is 20.0. The van der Waals surface area contributed by atoms with Crippen molar-refractivity contribution < 1.29 is 9.90 Å². The van der Waals surface area contributed by atoms with E-state index in [4.69, 9.17) is 0 Å². The van der Waals surface area contributed by atoms with Gasteiger partial charge in [0.05, 0.1) is 6.10 Å². The lowest BCUT2D eigenvalue weighted by Gasteiger charge is -2.13. The third kappa shape index (κ3) is 4.57. The first-order valence-electron chi connectivity index (χ1n) is 8.03. The predicted molar refractivity (Wildman–Crippen MR) is 90.3 cm³/mol. The largest absolute Gasteiger partial charge is 0.391 e. The maximum atomic E-state index is 11.9. The van der Waals surface area contributed by atoms with E-state index in [1.165, 1.54) is 5.56 Å². The highest BCUT2D eigenvalue weighted by Gasteiger charge is 2.39. The Morgan fingerprint density at radius 1 is 1.09 bits per heavy atom. The molecule has 0 heterocycles. The average molecular weight is 310 g/mol. The zero-order valence-corrected chi connectivity index (χ0v) is 13.0. The molecular weight excluding hydrogens is 288 g/mol. The summed E-state index contributed by atoms with van der Waals surface area (Å²) < 4.78 is 0. The van der Waals surface area contributed by atoms with Crippen LogP contribution in [-0.4, -0.2) is 29.8 Å². The van der Waals surface area contributed by atoms with Crippen molar-refractivity contribution in [2.45, 2.75) is 30.9 Å². The van der Waals surface area contributed by atoms with Crippen LogP contribution in [0.5, 0.6) is 0 Å². The van der Waals surface area contributed by atoms with E-state index < -0.39 is 6.10 Å². The van der Waals surface area contributed by atoms with Gasteiger partial charge in [0.2, 0.25) is 0 Å². The molecule has 3 atom stereocenters. The van der Waals surface area contributed by atoms with Gasteiger partial charge in [-0.1, -0.05) is 60.7 Å². The molecule has 23 heavy (non-hydrogen) atoms. The maximum Gasteiger partial charge on any atom is 0.315 e. The van der Waals surface area contributed by atoms with Crippen molar-refractivity contribution in [3.63, 3.8) is 0 Å². The fraction of sp³-hybridized carbons (Fsp3) is 0.316. The number of aliphatic hydroxyl groups is 1. The Hall–Kier alpha value is -2.33. The second-order valence-corrected chi connectivity index (χ2v) is 6.06.